The van der Waals surface area contributed by atoms with E-state index in [1.807, 2.05) is 0 Å². The second-order valence-corrected chi connectivity index (χ2v) is 7.24. The maximum Gasteiger partial charge on any atom is 0.422 e. The van der Waals surface area contributed by atoms with Gasteiger partial charge in [0.1, 0.15) is 5.75 Å². The number of halogens is 3. The van der Waals surface area contributed by atoms with E-state index in [1.54, 1.807) is 32.4 Å². The third-order valence-electron chi connectivity index (χ3n) is 5.17. The Hall–Kier alpha value is -1.96. The van der Waals surface area contributed by atoms with Crippen LogP contribution in [-0.2, 0) is 11.3 Å². The highest BCUT2D eigenvalue weighted by Crippen LogP contribution is 2.40. The van der Waals surface area contributed by atoms with Crippen molar-refractivity contribution in [3.63, 3.8) is 0 Å². The summed E-state index contributed by atoms with van der Waals surface area (Å²) in [5.74, 6) is 0.837. The summed E-state index contributed by atoms with van der Waals surface area (Å²) in [6.45, 7) is 0.539. The van der Waals surface area contributed by atoms with E-state index in [1.165, 1.54) is 18.9 Å². The zero-order valence-corrected chi connectivity index (χ0v) is 16.6. The van der Waals surface area contributed by atoms with E-state index in [-0.39, 0.29) is 11.2 Å². The van der Waals surface area contributed by atoms with Crippen LogP contribution < -0.4 is 15.4 Å². The molecule has 0 unspecified atom stereocenters. The third-order valence-corrected chi connectivity index (χ3v) is 5.17. The summed E-state index contributed by atoms with van der Waals surface area (Å²) in [5.41, 5.74) is 0.853. The number of hydrogen-bond acceptors (Lipinski definition) is 3. The Labute approximate surface area is 164 Å². The molecule has 0 spiro atoms. The van der Waals surface area contributed by atoms with Crippen molar-refractivity contribution in [3.05, 3.63) is 29.8 Å². The van der Waals surface area contributed by atoms with Crippen molar-refractivity contribution < 1.29 is 22.6 Å². The van der Waals surface area contributed by atoms with Gasteiger partial charge in [-0.3, -0.25) is 4.99 Å². The van der Waals surface area contributed by atoms with Crippen molar-refractivity contribution in [1.82, 2.24) is 10.6 Å². The number of rotatable bonds is 9. The molecule has 0 bridgehead atoms. The minimum Gasteiger partial charge on any atom is -0.484 e. The fraction of sp³-hybridized carbons (Fsp3) is 0.650. The van der Waals surface area contributed by atoms with Gasteiger partial charge in [0, 0.05) is 39.4 Å². The van der Waals surface area contributed by atoms with E-state index in [0.717, 1.165) is 32.4 Å². The summed E-state index contributed by atoms with van der Waals surface area (Å²) >= 11 is 0. The van der Waals surface area contributed by atoms with E-state index in [4.69, 9.17) is 9.47 Å². The first kappa shape index (κ1) is 22.3. The van der Waals surface area contributed by atoms with Gasteiger partial charge in [-0.2, -0.15) is 13.2 Å². The number of para-hydroxylation sites is 1. The molecule has 0 amide bonds. The highest BCUT2D eigenvalue weighted by Gasteiger charge is 2.33. The Balaban J connectivity index is 1.90. The van der Waals surface area contributed by atoms with Crippen LogP contribution in [0.3, 0.4) is 0 Å². The Morgan fingerprint density at radius 2 is 1.89 bits per heavy atom. The largest absolute Gasteiger partial charge is 0.484 e. The van der Waals surface area contributed by atoms with Gasteiger partial charge in [0.15, 0.2) is 12.6 Å². The minimum absolute atomic E-state index is 0.210. The van der Waals surface area contributed by atoms with E-state index < -0.39 is 12.8 Å². The van der Waals surface area contributed by atoms with Crippen LogP contribution in [0, 0.1) is 5.41 Å². The zero-order valence-electron chi connectivity index (χ0n) is 16.6. The van der Waals surface area contributed by atoms with Gasteiger partial charge in [0.2, 0.25) is 0 Å². The number of alkyl halides is 3. The van der Waals surface area contributed by atoms with Crippen LogP contribution in [0.25, 0.3) is 0 Å². The molecule has 1 aliphatic rings. The number of aliphatic imine (C=N–C) groups is 1. The molecule has 5 nitrogen and oxygen atoms in total. The third kappa shape index (κ3) is 7.22. The molecule has 1 aromatic carbocycles. The van der Waals surface area contributed by atoms with Crippen molar-refractivity contribution in [1.29, 1.82) is 0 Å². The molecule has 0 aromatic heterocycles. The van der Waals surface area contributed by atoms with E-state index in [0.29, 0.717) is 18.1 Å². The summed E-state index contributed by atoms with van der Waals surface area (Å²) in [6.07, 6.45) is 1.41. The van der Waals surface area contributed by atoms with Gasteiger partial charge < -0.3 is 20.1 Å². The molecular weight excluding hydrogens is 371 g/mol. The quantitative estimate of drug-likeness (QED) is 0.487. The van der Waals surface area contributed by atoms with Crippen LogP contribution in [0.1, 0.15) is 37.7 Å². The number of nitrogens with zero attached hydrogens (tertiary/aromatic N) is 1. The van der Waals surface area contributed by atoms with Gasteiger partial charge in [-0.1, -0.05) is 31.0 Å². The van der Waals surface area contributed by atoms with E-state index in [2.05, 4.69) is 15.6 Å². The standard InChI is InChI=1S/C20H30F3N3O2/c1-24-18(26-14-19(11-12-27-2)9-5-6-10-19)25-13-16-7-3-4-8-17(16)28-15-20(21,22)23/h3-4,7-8H,5-6,9-15H2,1-2H3,(H2,24,25,26). The molecule has 158 valence electrons. The molecule has 1 aromatic rings. The van der Waals surface area contributed by atoms with Crippen molar-refractivity contribution in [2.24, 2.45) is 10.4 Å². The van der Waals surface area contributed by atoms with Crippen LogP contribution in [0.4, 0.5) is 13.2 Å². The predicted octanol–water partition coefficient (Wildman–Crippen LogP) is 3.89. The molecular formula is C20H30F3N3O2. The Kier molecular flexibility index (Phi) is 8.41. The molecule has 2 N–H and O–H groups in total. The molecule has 0 aliphatic heterocycles. The monoisotopic (exact) mass is 401 g/mol. The smallest absolute Gasteiger partial charge is 0.422 e. The number of benzene rings is 1. The molecule has 0 saturated heterocycles. The maximum atomic E-state index is 12.4. The van der Waals surface area contributed by atoms with Crippen LogP contribution in [0.5, 0.6) is 5.75 Å². The summed E-state index contributed by atoms with van der Waals surface area (Å²) in [5, 5.41) is 6.54. The van der Waals surface area contributed by atoms with E-state index in [9.17, 15) is 13.2 Å². The topological polar surface area (TPSA) is 54.9 Å². The molecule has 1 aliphatic carbocycles. The summed E-state index contributed by atoms with van der Waals surface area (Å²) in [7, 11) is 3.40. The first-order valence-corrected chi connectivity index (χ1v) is 9.58. The first-order valence-electron chi connectivity index (χ1n) is 9.58. The summed E-state index contributed by atoms with van der Waals surface area (Å²) in [4.78, 5) is 4.23. The first-order chi connectivity index (χ1) is 13.4. The van der Waals surface area contributed by atoms with Crippen molar-refractivity contribution in [2.45, 2.75) is 44.8 Å². The lowest BCUT2D eigenvalue weighted by atomic mass is 9.83. The average molecular weight is 401 g/mol. The maximum absolute atomic E-state index is 12.4. The second-order valence-electron chi connectivity index (χ2n) is 7.24. The van der Waals surface area contributed by atoms with Crippen molar-refractivity contribution >= 4 is 5.96 Å². The Bertz CT molecular complexity index is 629. The minimum atomic E-state index is -4.37. The van der Waals surface area contributed by atoms with Gasteiger partial charge in [0.25, 0.3) is 0 Å². The fourth-order valence-corrected chi connectivity index (χ4v) is 3.58. The number of nitrogens with one attached hydrogen (secondary N) is 2. The molecule has 2 rings (SSSR count). The van der Waals surface area contributed by atoms with Crippen LogP contribution >= 0.6 is 0 Å². The number of methoxy groups -OCH3 is 1. The highest BCUT2D eigenvalue weighted by molar-refractivity contribution is 5.79. The van der Waals surface area contributed by atoms with Crippen molar-refractivity contribution in [3.8, 4) is 5.75 Å². The Morgan fingerprint density at radius 1 is 1.18 bits per heavy atom. The molecule has 28 heavy (non-hydrogen) atoms. The van der Waals surface area contributed by atoms with Gasteiger partial charge in [-0.25, -0.2) is 0 Å². The van der Waals surface area contributed by atoms with Gasteiger partial charge >= 0.3 is 6.18 Å². The fourth-order valence-electron chi connectivity index (χ4n) is 3.58. The molecule has 0 atom stereocenters. The molecule has 1 fully saturated rings. The normalized spacial score (nSPS) is 16.8. The molecule has 8 heteroatoms. The van der Waals surface area contributed by atoms with Gasteiger partial charge in [-0.05, 0) is 30.7 Å². The van der Waals surface area contributed by atoms with Crippen LogP contribution in [0.2, 0.25) is 0 Å². The van der Waals surface area contributed by atoms with Gasteiger partial charge in [-0.15, -0.1) is 0 Å². The predicted molar refractivity (Wildman–Crippen MR) is 104 cm³/mol. The average Bonchev–Trinajstić information content (AvgIpc) is 3.14. The lowest BCUT2D eigenvalue weighted by Crippen LogP contribution is -2.43. The summed E-state index contributed by atoms with van der Waals surface area (Å²) in [6, 6.07) is 6.70. The zero-order chi connectivity index (χ0) is 20.5. The molecule has 0 heterocycles. The Morgan fingerprint density at radius 3 is 2.54 bits per heavy atom. The molecule has 1 saturated carbocycles. The van der Waals surface area contributed by atoms with Crippen molar-refractivity contribution in [2.75, 3.05) is 33.9 Å². The number of hydrogen-bond donors (Lipinski definition) is 2. The highest BCUT2D eigenvalue weighted by atomic mass is 19.4. The van der Waals surface area contributed by atoms with Gasteiger partial charge in [0.05, 0.1) is 0 Å². The number of ether oxygens (including phenoxy) is 2. The van der Waals surface area contributed by atoms with Crippen LogP contribution in [0.15, 0.2) is 29.3 Å². The lowest BCUT2D eigenvalue weighted by Gasteiger charge is -2.30. The summed E-state index contributed by atoms with van der Waals surface area (Å²) < 4.78 is 47.5. The molecule has 0 radical (unpaired) electrons. The second kappa shape index (κ2) is 10.5. The number of guanidine groups is 1. The lowest BCUT2D eigenvalue weighted by molar-refractivity contribution is -0.153. The van der Waals surface area contributed by atoms with Crippen LogP contribution in [-0.4, -0.2) is 46.1 Å². The SMILES string of the molecule is CN=C(NCc1ccccc1OCC(F)(F)F)NCC1(CCOC)CCCC1. The van der Waals surface area contributed by atoms with E-state index >= 15 is 0 Å².